The molecule has 1 aliphatic rings. The molecular formula is C19H19N3O3S. The fourth-order valence-corrected chi connectivity index (χ4v) is 4.55. The van der Waals surface area contributed by atoms with Crippen molar-refractivity contribution in [3.63, 3.8) is 0 Å². The van der Waals surface area contributed by atoms with Gasteiger partial charge in [-0.3, -0.25) is 14.2 Å². The largest absolute Gasteiger partial charge is 0.492 e. The summed E-state index contributed by atoms with van der Waals surface area (Å²) in [5, 5.41) is 3.50. The number of rotatable bonds is 5. The molecule has 26 heavy (non-hydrogen) atoms. The number of para-hydroxylation sites is 2. The van der Waals surface area contributed by atoms with Crippen LogP contribution in [0, 0.1) is 0 Å². The standard InChI is InChI=1S/C19H19N3O3S/c1-2-25-14-8-4-3-7-13(14)21-16(23)10-22-11-20-18-17(19(22)24)12-6-5-9-15(12)26-18/h3-4,7-8,11H,2,5-6,9-10H2,1H3,(H,21,23). The monoisotopic (exact) mass is 369 g/mol. The number of thiophene rings is 1. The SMILES string of the molecule is CCOc1ccccc1NC(=O)Cn1cnc2sc3c(c2c1=O)CCC3. The predicted octanol–water partition coefficient (Wildman–Crippen LogP) is 2.98. The van der Waals surface area contributed by atoms with Crippen molar-refractivity contribution < 1.29 is 9.53 Å². The van der Waals surface area contributed by atoms with Crippen molar-refractivity contribution >= 4 is 33.1 Å². The van der Waals surface area contributed by atoms with Gasteiger partial charge in [0.25, 0.3) is 5.56 Å². The van der Waals surface area contributed by atoms with E-state index in [-0.39, 0.29) is 18.0 Å². The molecule has 1 amide bonds. The van der Waals surface area contributed by atoms with Gasteiger partial charge in [-0.15, -0.1) is 11.3 Å². The fraction of sp³-hybridized carbons (Fsp3) is 0.316. The number of carbonyl (C=O) groups excluding carboxylic acids is 1. The molecule has 1 N–H and O–H groups in total. The summed E-state index contributed by atoms with van der Waals surface area (Å²) in [7, 11) is 0. The second kappa shape index (κ2) is 6.92. The summed E-state index contributed by atoms with van der Waals surface area (Å²) in [6, 6.07) is 7.25. The van der Waals surface area contributed by atoms with E-state index in [1.165, 1.54) is 15.8 Å². The van der Waals surface area contributed by atoms with Crippen LogP contribution in [0.25, 0.3) is 10.2 Å². The number of aryl methyl sites for hydroxylation is 2. The Labute approximate surface area is 154 Å². The van der Waals surface area contributed by atoms with Crippen LogP contribution in [0.15, 0.2) is 35.4 Å². The van der Waals surface area contributed by atoms with Crippen molar-refractivity contribution in [1.82, 2.24) is 9.55 Å². The number of aromatic nitrogens is 2. The number of nitrogens with zero attached hydrogens (tertiary/aromatic N) is 2. The van der Waals surface area contributed by atoms with Crippen LogP contribution < -0.4 is 15.6 Å². The van der Waals surface area contributed by atoms with Gasteiger partial charge in [-0.05, 0) is 43.9 Å². The van der Waals surface area contributed by atoms with Crippen LogP contribution >= 0.6 is 11.3 Å². The third-order valence-electron chi connectivity index (χ3n) is 4.47. The summed E-state index contributed by atoms with van der Waals surface area (Å²) in [5.74, 6) is 0.326. The summed E-state index contributed by atoms with van der Waals surface area (Å²) in [6.07, 6.45) is 4.49. The highest BCUT2D eigenvalue weighted by Crippen LogP contribution is 2.34. The van der Waals surface area contributed by atoms with Crippen molar-refractivity contribution in [2.45, 2.75) is 32.7 Å². The maximum absolute atomic E-state index is 12.8. The second-order valence-electron chi connectivity index (χ2n) is 6.19. The topological polar surface area (TPSA) is 73.2 Å². The number of fused-ring (bicyclic) bond motifs is 3. The Morgan fingerprint density at radius 3 is 3.04 bits per heavy atom. The third-order valence-corrected chi connectivity index (χ3v) is 5.67. The van der Waals surface area contributed by atoms with Gasteiger partial charge < -0.3 is 10.1 Å². The molecule has 1 aromatic carbocycles. The Kier molecular flexibility index (Phi) is 4.46. The normalized spacial score (nSPS) is 13.0. The first kappa shape index (κ1) is 16.8. The van der Waals surface area contributed by atoms with Crippen LogP contribution in [0.4, 0.5) is 5.69 Å². The van der Waals surface area contributed by atoms with Crippen molar-refractivity contribution in [2.75, 3.05) is 11.9 Å². The number of hydrogen-bond donors (Lipinski definition) is 1. The van der Waals surface area contributed by atoms with E-state index >= 15 is 0 Å². The number of hydrogen-bond acceptors (Lipinski definition) is 5. The minimum atomic E-state index is -0.285. The number of ether oxygens (including phenoxy) is 1. The highest BCUT2D eigenvalue weighted by atomic mass is 32.1. The molecule has 0 saturated heterocycles. The van der Waals surface area contributed by atoms with Crippen LogP contribution in [0.3, 0.4) is 0 Å². The van der Waals surface area contributed by atoms with Crippen molar-refractivity contribution in [1.29, 1.82) is 0 Å². The van der Waals surface area contributed by atoms with Crippen LogP contribution in [0.1, 0.15) is 23.8 Å². The van der Waals surface area contributed by atoms with Gasteiger partial charge in [0.05, 0.1) is 24.0 Å². The Balaban J connectivity index is 1.59. The fourth-order valence-electron chi connectivity index (χ4n) is 3.33. The molecule has 134 valence electrons. The Hall–Kier alpha value is -2.67. The zero-order valence-electron chi connectivity index (χ0n) is 14.4. The molecule has 0 atom stereocenters. The summed E-state index contributed by atoms with van der Waals surface area (Å²) in [4.78, 5) is 31.7. The molecule has 7 heteroatoms. The van der Waals surface area contributed by atoms with Crippen LogP contribution in [0.5, 0.6) is 5.75 Å². The van der Waals surface area contributed by atoms with E-state index in [1.54, 1.807) is 23.5 Å². The van der Waals surface area contributed by atoms with Crippen LogP contribution in [-0.4, -0.2) is 22.1 Å². The molecule has 4 rings (SSSR count). The smallest absolute Gasteiger partial charge is 0.262 e. The molecule has 0 spiro atoms. The average Bonchev–Trinajstić information content (AvgIpc) is 3.20. The zero-order valence-corrected chi connectivity index (χ0v) is 15.3. The minimum absolute atomic E-state index is 0.0765. The molecule has 0 unspecified atom stereocenters. The van der Waals surface area contributed by atoms with E-state index < -0.39 is 0 Å². The van der Waals surface area contributed by atoms with E-state index in [9.17, 15) is 9.59 Å². The number of benzene rings is 1. The van der Waals surface area contributed by atoms with E-state index in [0.29, 0.717) is 23.4 Å². The first-order valence-electron chi connectivity index (χ1n) is 8.68. The molecule has 6 nitrogen and oxygen atoms in total. The summed E-state index contributed by atoms with van der Waals surface area (Å²) in [6.45, 7) is 2.32. The number of amides is 1. The van der Waals surface area contributed by atoms with Gasteiger partial charge >= 0.3 is 0 Å². The molecule has 2 heterocycles. The van der Waals surface area contributed by atoms with Gasteiger partial charge in [0, 0.05) is 4.88 Å². The Bertz CT molecular complexity index is 1040. The molecule has 0 fully saturated rings. The van der Waals surface area contributed by atoms with Gasteiger partial charge in [0.1, 0.15) is 17.1 Å². The average molecular weight is 369 g/mol. The quantitative estimate of drug-likeness (QED) is 0.750. The first-order chi connectivity index (χ1) is 12.7. The molecule has 1 aliphatic carbocycles. The van der Waals surface area contributed by atoms with Gasteiger partial charge in [-0.2, -0.15) is 0 Å². The summed E-state index contributed by atoms with van der Waals surface area (Å²) in [5.41, 5.74) is 1.58. The number of anilines is 1. The lowest BCUT2D eigenvalue weighted by Crippen LogP contribution is -2.28. The highest BCUT2D eigenvalue weighted by molar-refractivity contribution is 7.18. The maximum Gasteiger partial charge on any atom is 0.262 e. The number of nitrogens with one attached hydrogen (secondary N) is 1. The lowest BCUT2D eigenvalue weighted by Gasteiger charge is -2.12. The highest BCUT2D eigenvalue weighted by Gasteiger charge is 2.21. The summed E-state index contributed by atoms with van der Waals surface area (Å²) < 4.78 is 6.90. The molecular weight excluding hydrogens is 350 g/mol. The van der Waals surface area contributed by atoms with Crippen molar-refractivity contribution in [3.8, 4) is 5.75 Å². The Morgan fingerprint density at radius 1 is 1.35 bits per heavy atom. The Morgan fingerprint density at radius 2 is 2.19 bits per heavy atom. The van der Waals surface area contributed by atoms with E-state index in [4.69, 9.17) is 4.74 Å². The number of carbonyl (C=O) groups is 1. The van der Waals surface area contributed by atoms with Crippen molar-refractivity contribution in [2.24, 2.45) is 0 Å². The zero-order chi connectivity index (χ0) is 18.1. The van der Waals surface area contributed by atoms with Crippen molar-refractivity contribution in [3.05, 3.63) is 51.4 Å². The van der Waals surface area contributed by atoms with E-state index in [0.717, 1.165) is 29.7 Å². The summed E-state index contributed by atoms with van der Waals surface area (Å²) >= 11 is 1.60. The first-order valence-corrected chi connectivity index (χ1v) is 9.50. The molecule has 0 bridgehead atoms. The third kappa shape index (κ3) is 2.99. The van der Waals surface area contributed by atoms with Gasteiger partial charge in [-0.1, -0.05) is 12.1 Å². The molecule has 0 radical (unpaired) electrons. The minimum Gasteiger partial charge on any atom is -0.492 e. The van der Waals surface area contributed by atoms with E-state index in [1.807, 2.05) is 19.1 Å². The lowest BCUT2D eigenvalue weighted by molar-refractivity contribution is -0.116. The molecule has 2 aromatic heterocycles. The molecule has 0 aliphatic heterocycles. The molecule has 3 aromatic rings. The maximum atomic E-state index is 12.8. The van der Waals surface area contributed by atoms with Crippen LogP contribution in [-0.2, 0) is 24.2 Å². The lowest BCUT2D eigenvalue weighted by atomic mass is 10.2. The second-order valence-corrected chi connectivity index (χ2v) is 7.28. The predicted molar refractivity (Wildman–Crippen MR) is 102 cm³/mol. The van der Waals surface area contributed by atoms with Gasteiger partial charge in [0.15, 0.2) is 0 Å². The van der Waals surface area contributed by atoms with Gasteiger partial charge in [-0.25, -0.2) is 4.98 Å². The van der Waals surface area contributed by atoms with Gasteiger partial charge in [0.2, 0.25) is 5.91 Å². The molecule has 0 saturated carbocycles. The van der Waals surface area contributed by atoms with E-state index in [2.05, 4.69) is 10.3 Å². The van der Waals surface area contributed by atoms with Crippen LogP contribution in [0.2, 0.25) is 0 Å².